The predicted octanol–water partition coefficient (Wildman–Crippen LogP) is 2.32. The minimum absolute atomic E-state index is 0. The summed E-state index contributed by atoms with van der Waals surface area (Å²) in [6.45, 7) is 0. The molecule has 1 aliphatic heterocycles. The van der Waals surface area contributed by atoms with Gasteiger partial charge in [-0.2, -0.15) is 0 Å². The van der Waals surface area contributed by atoms with Crippen LogP contribution in [0.4, 0.5) is 5.69 Å². The maximum Gasteiger partial charge on any atom is 0.332 e. The van der Waals surface area contributed by atoms with Gasteiger partial charge in [-0.1, -0.05) is 18.2 Å². The quantitative estimate of drug-likeness (QED) is 0.765. The third kappa shape index (κ3) is 1.18. The summed E-state index contributed by atoms with van der Waals surface area (Å²) in [5.41, 5.74) is 1.89. The molecule has 1 saturated carbocycles. The van der Waals surface area contributed by atoms with Crippen molar-refractivity contribution in [3.8, 4) is 0 Å². The minimum Gasteiger partial charge on any atom is -0.467 e. The van der Waals surface area contributed by atoms with Crippen LogP contribution < -0.4 is 5.32 Å². The van der Waals surface area contributed by atoms with Crippen LogP contribution >= 0.6 is 12.4 Å². The lowest BCUT2D eigenvalue weighted by molar-refractivity contribution is -0.149. The van der Waals surface area contributed by atoms with Gasteiger partial charge in [0.2, 0.25) is 0 Å². The highest BCUT2D eigenvalue weighted by atomic mass is 35.5. The lowest BCUT2D eigenvalue weighted by Gasteiger charge is -2.42. The molecule has 1 N–H and O–H groups in total. The molecular weight excluding hydrogens is 226 g/mol. The average molecular weight is 240 g/mol. The molecule has 2 aliphatic rings. The summed E-state index contributed by atoms with van der Waals surface area (Å²) in [4.78, 5) is 11.8. The Morgan fingerprint density at radius 3 is 2.88 bits per heavy atom. The average Bonchev–Trinajstić information content (AvgIpc) is 2.46. The number of benzene rings is 1. The van der Waals surface area contributed by atoms with Crippen molar-refractivity contribution in [3.63, 3.8) is 0 Å². The van der Waals surface area contributed by atoms with Gasteiger partial charge in [-0.05, 0) is 24.5 Å². The first-order valence-electron chi connectivity index (χ1n) is 5.23. The summed E-state index contributed by atoms with van der Waals surface area (Å²) >= 11 is 0. The lowest BCUT2D eigenvalue weighted by atomic mass is 9.66. The highest BCUT2D eigenvalue weighted by Crippen LogP contribution is 2.55. The Hall–Kier alpha value is -1.22. The topological polar surface area (TPSA) is 38.3 Å². The number of carbonyl (C=O) groups excluding carboxylic acids is 1. The minimum atomic E-state index is -0.460. The van der Waals surface area contributed by atoms with Gasteiger partial charge in [0.1, 0.15) is 5.54 Å². The first kappa shape index (κ1) is 11.3. The SMILES string of the molecule is COC(=O)C12CCC1c1ccccc1N2.Cl. The molecule has 1 aromatic carbocycles. The second-order valence-electron chi connectivity index (χ2n) is 4.27. The molecule has 0 aromatic heterocycles. The van der Waals surface area contributed by atoms with Crippen LogP contribution in [0.2, 0.25) is 0 Å². The summed E-state index contributed by atoms with van der Waals surface area (Å²) in [6, 6.07) is 8.13. The molecule has 0 spiro atoms. The highest BCUT2D eigenvalue weighted by molar-refractivity contribution is 5.91. The number of para-hydroxylation sites is 1. The van der Waals surface area contributed by atoms with Crippen LogP contribution in [0.3, 0.4) is 0 Å². The van der Waals surface area contributed by atoms with Crippen LogP contribution in [-0.4, -0.2) is 18.6 Å². The van der Waals surface area contributed by atoms with E-state index in [1.165, 1.54) is 12.7 Å². The largest absolute Gasteiger partial charge is 0.467 e. The Bertz CT molecular complexity index is 435. The van der Waals surface area contributed by atoms with Gasteiger partial charge in [-0.15, -0.1) is 12.4 Å². The van der Waals surface area contributed by atoms with Gasteiger partial charge < -0.3 is 10.1 Å². The molecule has 16 heavy (non-hydrogen) atoms. The van der Waals surface area contributed by atoms with Crippen molar-refractivity contribution in [1.82, 2.24) is 0 Å². The summed E-state index contributed by atoms with van der Waals surface area (Å²) < 4.78 is 4.89. The maximum atomic E-state index is 11.8. The van der Waals surface area contributed by atoms with E-state index in [4.69, 9.17) is 4.74 Å². The van der Waals surface area contributed by atoms with E-state index >= 15 is 0 Å². The van der Waals surface area contributed by atoms with Crippen molar-refractivity contribution in [2.75, 3.05) is 12.4 Å². The van der Waals surface area contributed by atoms with Gasteiger partial charge in [-0.3, -0.25) is 0 Å². The zero-order valence-corrected chi connectivity index (χ0v) is 9.84. The van der Waals surface area contributed by atoms with Crippen molar-refractivity contribution in [3.05, 3.63) is 29.8 Å². The maximum absolute atomic E-state index is 11.8. The van der Waals surface area contributed by atoms with Crippen molar-refractivity contribution in [2.24, 2.45) is 0 Å². The fourth-order valence-electron chi connectivity index (χ4n) is 2.78. The predicted molar refractivity (Wildman–Crippen MR) is 64.0 cm³/mol. The second-order valence-corrected chi connectivity index (χ2v) is 4.27. The number of carbonyl (C=O) groups is 1. The van der Waals surface area contributed by atoms with E-state index in [-0.39, 0.29) is 18.4 Å². The number of esters is 1. The van der Waals surface area contributed by atoms with Crippen LogP contribution in [0.1, 0.15) is 24.3 Å². The smallest absolute Gasteiger partial charge is 0.332 e. The van der Waals surface area contributed by atoms with Crippen LogP contribution in [0.5, 0.6) is 0 Å². The summed E-state index contributed by atoms with van der Waals surface area (Å²) in [5, 5.41) is 3.32. The van der Waals surface area contributed by atoms with E-state index in [9.17, 15) is 4.79 Å². The molecule has 1 heterocycles. The van der Waals surface area contributed by atoms with E-state index in [0.29, 0.717) is 5.92 Å². The van der Waals surface area contributed by atoms with Crippen LogP contribution in [0, 0.1) is 0 Å². The molecule has 2 unspecified atom stereocenters. The van der Waals surface area contributed by atoms with Crippen LogP contribution in [0.15, 0.2) is 24.3 Å². The summed E-state index contributed by atoms with van der Waals surface area (Å²) in [6.07, 6.45) is 1.94. The van der Waals surface area contributed by atoms with E-state index < -0.39 is 5.54 Å². The van der Waals surface area contributed by atoms with Gasteiger partial charge in [0.25, 0.3) is 0 Å². The molecule has 1 aromatic rings. The van der Waals surface area contributed by atoms with Gasteiger partial charge >= 0.3 is 5.97 Å². The van der Waals surface area contributed by atoms with E-state index in [2.05, 4.69) is 11.4 Å². The molecule has 1 fully saturated rings. The Kier molecular flexibility index (Phi) is 2.58. The third-order valence-corrected chi connectivity index (χ3v) is 3.67. The number of anilines is 1. The number of fused-ring (bicyclic) bond motifs is 3. The molecule has 3 nitrogen and oxygen atoms in total. The zero-order valence-electron chi connectivity index (χ0n) is 9.03. The molecule has 0 saturated heterocycles. The molecule has 0 bridgehead atoms. The van der Waals surface area contributed by atoms with Crippen molar-refractivity contribution in [2.45, 2.75) is 24.3 Å². The molecule has 0 radical (unpaired) electrons. The normalized spacial score (nSPS) is 28.9. The monoisotopic (exact) mass is 239 g/mol. The Morgan fingerprint density at radius 1 is 1.50 bits per heavy atom. The number of rotatable bonds is 1. The van der Waals surface area contributed by atoms with Crippen LogP contribution in [-0.2, 0) is 9.53 Å². The van der Waals surface area contributed by atoms with Crippen molar-refractivity contribution < 1.29 is 9.53 Å². The van der Waals surface area contributed by atoms with E-state index in [1.807, 2.05) is 18.2 Å². The molecule has 86 valence electrons. The van der Waals surface area contributed by atoms with Gasteiger partial charge in [0.15, 0.2) is 0 Å². The summed E-state index contributed by atoms with van der Waals surface area (Å²) in [5.74, 6) is 0.177. The van der Waals surface area contributed by atoms with E-state index in [1.54, 1.807) is 0 Å². The zero-order chi connectivity index (χ0) is 10.5. The van der Waals surface area contributed by atoms with Crippen LogP contribution in [0.25, 0.3) is 0 Å². The first-order chi connectivity index (χ1) is 7.28. The highest BCUT2D eigenvalue weighted by Gasteiger charge is 2.58. The fourth-order valence-corrected chi connectivity index (χ4v) is 2.78. The van der Waals surface area contributed by atoms with Gasteiger partial charge in [0.05, 0.1) is 7.11 Å². The van der Waals surface area contributed by atoms with Crippen molar-refractivity contribution >= 4 is 24.1 Å². The molecule has 2 atom stereocenters. The number of hydrogen-bond donors (Lipinski definition) is 1. The molecule has 1 aliphatic carbocycles. The molecule has 4 heteroatoms. The number of methoxy groups -OCH3 is 1. The number of hydrogen-bond acceptors (Lipinski definition) is 3. The number of halogens is 1. The number of nitrogens with one attached hydrogen (secondary N) is 1. The Balaban J connectivity index is 0.000000963. The Morgan fingerprint density at radius 2 is 2.25 bits per heavy atom. The molecular formula is C12H14ClNO2. The number of ether oxygens (including phenoxy) is 1. The fraction of sp³-hybridized carbons (Fsp3) is 0.417. The van der Waals surface area contributed by atoms with E-state index in [0.717, 1.165) is 18.5 Å². The summed E-state index contributed by atoms with van der Waals surface area (Å²) in [7, 11) is 1.46. The molecule has 3 rings (SSSR count). The van der Waals surface area contributed by atoms with Crippen molar-refractivity contribution in [1.29, 1.82) is 0 Å². The third-order valence-electron chi connectivity index (χ3n) is 3.67. The van der Waals surface area contributed by atoms with Gasteiger partial charge in [0, 0.05) is 11.6 Å². The Labute approximate surface area is 101 Å². The first-order valence-corrected chi connectivity index (χ1v) is 5.23. The lowest BCUT2D eigenvalue weighted by Crippen LogP contribution is -2.54. The standard InChI is InChI=1S/C12H13NO2.ClH/c1-15-11(14)12-7-6-9(12)8-4-2-3-5-10(8)13-12;/h2-5,9,13H,6-7H2,1H3;1H. The second kappa shape index (κ2) is 3.67. The molecule has 0 amide bonds. The van der Waals surface area contributed by atoms with Gasteiger partial charge in [-0.25, -0.2) is 4.79 Å².